The van der Waals surface area contributed by atoms with Crippen LogP contribution in [0.1, 0.15) is 23.0 Å². The van der Waals surface area contributed by atoms with Crippen LogP contribution in [0.15, 0.2) is 24.3 Å². The number of nitrogens with one attached hydrogen (secondary N) is 1. The number of rotatable bonds is 3. The number of piperazine rings is 1. The van der Waals surface area contributed by atoms with Crippen LogP contribution in [0, 0.1) is 6.92 Å². The van der Waals surface area contributed by atoms with Gasteiger partial charge in [-0.05, 0) is 19.9 Å². The first-order chi connectivity index (χ1) is 10.6. The predicted octanol–water partition coefficient (Wildman–Crippen LogP) is 1.61. The van der Waals surface area contributed by atoms with Crippen molar-refractivity contribution in [3.63, 3.8) is 0 Å². The second-order valence-corrected chi connectivity index (χ2v) is 6.11. The van der Waals surface area contributed by atoms with E-state index in [1.54, 1.807) is 6.92 Å². The minimum absolute atomic E-state index is 0.103. The number of carbonyl (C=O) groups excluding carboxylic acids is 1. The van der Waals surface area contributed by atoms with Gasteiger partial charge in [-0.25, -0.2) is 0 Å². The average molecular weight is 301 g/mol. The number of benzene rings is 1. The van der Waals surface area contributed by atoms with Crippen LogP contribution >= 0.6 is 0 Å². The van der Waals surface area contributed by atoms with Gasteiger partial charge >= 0.3 is 0 Å². The number of para-hydroxylation sites is 1. The molecule has 1 fully saturated rings. The summed E-state index contributed by atoms with van der Waals surface area (Å²) in [5, 5.41) is 10.5. The number of aryl methyl sites for hydroxylation is 1. The van der Waals surface area contributed by atoms with E-state index in [-0.39, 0.29) is 12.0 Å². The number of H-pyrrole nitrogens is 1. The molecule has 0 bridgehead atoms. The fourth-order valence-electron chi connectivity index (χ4n) is 3.22. The second kappa shape index (κ2) is 6.10. The molecule has 0 unspecified atom stereocenters. The van der Waals surface area contributed by atoms with E-state index in [2.05, 4.69) is 9.88 Å². The highest BCUT2D eigenvalue weighted by Crippen LogP contribution is 2.23. The Balaban J connectivity index is 1.76. The standard InChI is InChI=1S/C17H23N3O2/c1-12(21)11-19-7-9-20(10-8-19)17(22)16-13(2)18-15-6-4-3-5-14(15)16/h3-6,12,18,21H,7-11H2,1-2H3/t12-/m1/s1. The minimum atomic E-state index is -0.321. The maximum atomic E-state index is 12.9. The number of fused-ring (bicyclic) bond motifs is 1. The highest BCUT2D eigenvalue weighted by molar-refractivity contribution is 6.08. The zero-order valence-corrected chi connectivity index (χ0v) is 13.2. The molecule has 1 aliphatic rings. The summed E-state index contributed by atoms with van der Waals surface area (Å²) in [7, 11) is 0. The number of aromatic amines is 1. The summed E-state index contributed by atoms with van der Waals surface area (Å²) in [5.74, 6) is 0.103. The molecule has 118 valence electrons. The third kappa shape index (κ3) is 2.87. The molecule has 0 spiro atoms. The average Bonchev–Trinajstić information content (AvgIpc) is 2.82. The van der Waals surface area contributed by atoms with Gasteiger partial charge in [0.25, 0.3) is 5.91 Å². The Morgan fingerprint density at radius 2 is 1.95 bits per heavy atom. The van der Waals surface area contributed by atoms with Gasteiger partial charge in [-0.15, -0.1) is 0 Å². The van der Waals surface area contributed by atoms with Crippen molar-refractivity contribution >= 4 is 16.8 Å². The number of hydrogen-bond acceptors (Lipinski definition) is 3. The molecular weight excluding hydrogens is 278 g/mol. The summed E-state index contributed by atoms with van der Waals surface area (Å²) in [6.07, 6.45) is -0.321. The van der Waals surface area contributed by atoms with Crippen LogP contribution < -0.4 is 0 Å². The highest BCUT2D eigenvalue weighted by Gasteiger charge is 2.25. The summed E-state index contributed by atoms with van der Waals surface area (Å²) in [4.78, 5) is 20.3. The lowest BCUT2D eigenvalue weighted by Crippen LogP contribution is -2.50. The normalized spacial score (nSPS) is 17.9. The van der Waals surface area contributed by atoms with E-state index in [1.807, 2.05) is 36.1 Å². The van der Waals surface area contributed by atoms with E-state index in [9.17, 15) is 9.90 Å². The van der Waals surface area contributed by atoms with E-state index in [0.29, 0.717) is 19.6 Å². The lowest BCUT2D eigenvalue weighted by molar-refractivity contribution is 0.0555. The van der Waals surface area contributed by atoms with Gasteiger partial charge in [0.1, 0.15) is 0 Å². The zero-order chi connectivity index (χ0) is 15.7. The van der Waals surface area contributed by atoms with Gasteiger partial charge in [0.05, 0.1) is 11.7 Å². The number of nitrogens with zero attached hydrogens (tertiary/aromatic N) is 2. The van der Waals surface area contributed by atoms with Gasteiger partial charge in [0.2, 0.25) is 0 Å². The number of aliphatic hydroxyl groups excluding tert-OH is 1. The first-order valence-electron chi connectivity index (χ1n) is 7.83. The maximum absolute atomic E-state index is 12.9. The second-order valence-electron chi connectivity index (χ2n) is 6.11. The van der Waals surface area contributed by atoms with Crippen molar-refractivity contribution in [3.05, 3.63) is 35.5 Å². The highest BCUT2D eigenvalue weighted by atomic mass is 16.3. The Morgan fingerprint density at radius 1 is 1.27 bits per heavy atom. The molecule has 1 aromatic carbocycles. The molecular formula is C17H23N3O2. The van der Waals surface area contributed by atoms with Crippen LogP contribution in [-0.2, 0) is 0 Å². The number of aromatic nitrogens is 1. The summed E-state index contributed by atoms with van der Waals surface area (Å²) in [6.45, 7) is 7.49. The van der Waals surface area contributed by atoms with Crippen LogP contribution in [0.4, 0.5) is 0 Å². The van der Waals surface area contributed by atoms with Crippen LogP contribution in [-0.4, -0.2) is 64.6 Å². The first kappa shape index (κ1) is 15.1. The smallest absolute Gasteiger partial charge is 0.256 e. The molecule has 22 heavy (non-hydrogen) atoms. The Hall–Kier alpha value is -1.85. The van der Waals surface area contributed by atoms with Gasteiger partial charge in [-0.3, -0.25) is 9.69 Å². The van der Waals surface area contributed by atoms with E-state index in [1.165, 1.54) is 0 Å². The van der Waals surface area contributed by atoms with Crippen molar-refractivity contribution < 1.29 is 9.90 Å². The molecule has 5 nitrogen and oxygen atoms in total. The number of aliphatic hydroxyl groups is 1. The molecule has 1 aromatic heterocycles. The molecule has 2 heterocycles. The van der Waals surface area contributed by atoms with Gasteiger partial charge in [0, 0.05) is 49.3 Å². The summed E-state index contributed by atoms with van der Waals surface area (Å²) >= 11 is 0. The topological polar surface area (TPSA) is 59.6 Å². The molecule has 1 amide bonds. The minimum Gasteiger partial charge on any atom is -0.392 e. The van der Waals surface area contributed by atoms with Crippen LogP contribution in [0.5, 0.6) is 0 Å². The Bertz CT molecular complexity index is 670. The molecule has 3 rings (SSSR count). The quantitative estimate of drug-likeness (QED) is 0.905. The van der Waals surface area contributed by atoms with Crippen LogP contribution in [0.3, 0.4) is 0 Å². The molecule has 2 N–H and O–H groups in total. The monoisotopic (exact) mass is 301 g/mol. The summed E-state index contributed by atoms with van der Waals surface area (Å²) in [5.41, 5.74) is 2.73. The molecule has 0 aliphatic carbocycles. The van der Waals surface area contributed by atoms with Crippen molar-refractivity contribution in [2.24, 2.45) is 0 Å². The predicted molar refractivity (Wildman–Crippen MR) is 87.1 cm³/mol. The van der Waals surface area contributed by atoms with Crippen molar-refractivity contribution in [3.8, 4) is 0 Å². The van der Waals surface area contributed by atoms with Crippen molar-refractivity contribution in [1.29, 1.82) is 0 Å². The fraction of sp³-hybridized carbons (Fsp3) is 0.471. The Labute approximate surface area is 130 Å². The summed E-state index contributed by atoms with van der Waals surface area (Å²) < 4.78 is 0. The molecule has 1 saturated heterocycles. The Morgan fingerprint density at radius 3 is 2.64 bits per heavy atom. The number of hydrogen-bond donors (Lipinski definition) is 2. The zero-order valence-electron chi connectivity index (χ0n) is 13.2. The molecule has 0 radical (unpaired) electrons. The number of amides is 1. The number of carbonyl (C=O) groups is 1. The van der Waals surface area contributed by atoms with Gasteiger partial charge < -0.3 is 15.0 Å². The van der Waals surface area contributed by atoms with Crippen LogP contribution in [0.2, 0.25) is 0 Å². The molecule has 1 atom stereocenters. The third-order valence-electron chi connectivity index (χ3n) is 4.29. The van der Waals surface area contributed by atoms with Crippen molar-refractivity contribution in [1.82, 2.24) is 14.8 Å². The lowest BCUT2D eigenvalue weighted by atomic mass is 10.1. The number of β-amino-alcohol motifs (C(OH)–C–C–N with tert-alkyl or cyclic N) is 1. The van der Waals surface area contributed by atoms with Gasteiger partial charge in [-0.2, -0.15) is 0 Å². The largest absolute Gasteiger partial charge is 0.392 e. The lowest BCUT2D eigenvalue weighted by Gasteiger charge is -2.35. The van der Waals surface area contributed by atoms with Crippen molar-refractivity contribution in [2.75, 3.05) is 32.7 Å². The maximum Gasteiger partial charge on any atom is 0.256 e. The van der Waals surface area contributed by atoms with E-state index >= 15 is 0 Å². The summed E-state index contributed by atoms with van der Waals surface area (Å²) in [6, 6.07) is 7.93. The molecule has 2 aromatic rings. The van der Waals surface area contributed by atoms with Gasteiger partial charge in [-0.1, -0.05) is 18.2 Å². The molecule has 5 heteroatoms. The molecule has 0 saturated carbocycles. The van der Waals surface area contributed by atoms with E-state index in [4.69, 9.17) is 0 Å². The third-order valence-corrected chi connectivity index (χ3v) is 4.29. The Kier molecular flexibility index (Phi) is 4.18. The van der Waals surface area contributed by atoms with Crippen molar-refractivity contribution in [2.45, 2.75) is 20.0 Å². The van der Waals surface area contributed by atoms with Crippen LogP contribution in [0.25, 0.3) is 10.9 Å². The first-order valence-corrected chi connectivity index (χ1v) is 7.83. The van der Waals surface area contributed by atoms with E-state index < -0.39 is 0 Å². The molecule has 1 aliphatic heterocycles. The van der Waals surface area contributed by atoms with Gasteiger partial charge in [0.15, 0.2) is 0 Å². The van der Waals surface area contributed by atoms with E-state index in [0.717, 1.165) is 35.2 Å². The SMILES string of the molecule is Cc1[nH]c2ccccc2c1C(=O)N1CCN(C[C@@H](C)O)CC1. The fourth-order valence-corrected chi connectivity index (χ4v) is 3.22.